The van der Waals surface area contributed by atoms with Gasteiger partial charge in [0.05, 0.1) is 25.1 Å². The SMILES string of the molecule is Cc1ccc(N2CC(CC#N)OCC2=O)cc1. The third-order valence-corrected chi connectivity index (χ3v) is 2.79. The summed E-state index contributed by atoms with van der Waals surface area (Å²) in [7, 11) is 0. The topological polar surface area (TPSA) is 53.3 Å². The molecule has 0 spiro atoms. The molecule has 1 aliphatic heterocycles. The van der Waals surface area contributed by atoms with E-state index in [0.717, 1.165) is 11.3 Å². The van der Waals surface area contributed by atoms with E-state index in [1.165, 1.54) is 0 Å². The highest BCUT2D eigenvalue weighted by atomic mass is 16.5. The second-order valence-electron chi connectivity index (χ2n) is 4.14. The fourth-order valence-electron chi connectivity index (χ4n) is 1.82. The minimum atomic E-state index is -0.181. The molecule has 4 nitrogen and oxygen atoms in total. The lowest BCUT2D eigenvalue weighted by molar-refractivity contribution is -0.129. The van der Waals surface area contributed by atoms with Crippen LogP contribution >= 0.6 is 0 Å². The van der Waals surface area contributed by atoms with E-state index in [0.29, 0.717) is 13.0 Å². The van der Waals surface area contributed by atoms with Crippen molar-refractivity contribution in [2.75, 3.05) is 18.1 Å². The van der Waals surface area contributed by atoms with Gasteiger partial charge in [-0.2, -0.15) is 5.26 Å². The number of rotatable bonds is 2. The molecule has 0 aromatic heterocycles. The van der Waals surface area contributed by atoms with Gasteiger partial charge in [-0.3, -0.25) is 4.79 Å². The van der Waals surface area contributed by atoms with Crippen LogP contribution in [0.2, 0.25) is 0 Å². The van der Waals surface area contributed by atoms with E-state index in [-0.39, 0.29) is 18.6 Å². The first kappa shape index (κ1) is 11.6. The molecule has 0 radical (unpaired) electrons. The maximum atomic E-state index is 11.7. The standard InChI is InChI=1S/C13H14N2O2/c1-10-2-4-11(5-3-10)15-8-12(6-7-14)17-9-13(15)16/h2-5,12H,6,8-9H2,1H3. The molecule has 1 aromatic rings. The number of aryl methyl sites for hydroxylation is 1. The highest BCUT2D eigenvalue weighted by Gasteiger charge is 2.26. The largest absolute Gasteiger partial charge is 0.365 e. The molecule has 1 atom stereocenters. The van der Waals surface area contributed by atoms with Gasteiger partial charge in [-0.15, -0.1) is 0 Å². The molecule has 1 aliphatic rings. The summed E-state index contributed by atoms with van der Waals surface area (Å²) in [4.78, 5) is 13.4. The van der Waals surface area contributed by atoms with Crippen molar-refractivity contribution >= 4 is 11.6 Å². The molecule has 0 saturated carbocycles. The van der Waals surface area contributed by atoms with Crippen LogP contribution in [-0.4, -0.2) is 25.2 Å². The number of carbonyl (C=O) groups is 1. The van der Waals surface area contributed by atoms with Gasteiger partial charge in [0.25, 0.3) is 5.91 Å². The van der Waals surface area contributed by atoms with E-state index in [1.807, 2.05) is 31.2 Å². The van der Waals surface area contributed by atoms with Crippen molar-refractivity contribution in [3.8, 4) is 6.07 Å². The molecule has 1 saturated heterocycles. The Kier molecular flexibility index (Phi) is 3.40. The monoisotopic (exact) mass is 230 g/mol. The molecule has 1 fully saturated rings. The van der Waals surface area contributed by atoms with Crippen molar-refractivity contribution in [1.29, 1.82) is 5.26 Å². The van der Waals surface area contributed by atoms with E-state index in [2.05, 4.69) is 6.07 Å². The van der Waals surface area contributed by atoms with Crippen LogP contribution in [0.4, 0.5) is 5.69 Å². The number of carbonyl (C=O) groups excluding carboxylic acids is 1. The van der Waals surface area contributed by atoms with Gasteiger partial charge in [-0.05, 0) is 19.1 Å². The first-order valence-electron chi connectivity index (χ1n) is 5.56. The molecule has 4 heteroatoms. The summed E-state index contributed by atoms with van der Waals surface area (Å²) in [6.45, 7) is 2.51. The summed E-state index contributed by atoms with van der Waals surface area (Å²) in [5.41, 5.74) is 2.02. The zero-order chi connectivity index (χ0) is 12.3. The van der Waals surface area contributed by atoms with Crippen molar-refractivity contribution in [3.05, 3.63) is 29.8 Å². The molecule has 1 heterocycles. The molecule has 1 aromatic carbocycles. The van der Waals surface area contributed by atoms with Crippen LogP contribution in [-0.2, 0) is 9.53 Å². The van der Waals surface area contributed by atoms with Gasteiger partial charge in [-0.25, -0.2) is 0 Å². The first-order chi connectivity index (χ1) is 8.20. The molecule has 1 amide bonds. The molecular formula is C13H14N2O2. The van der Waals surface area contributed by atoms with Crippen LogP contribution in [0.1, 0.15) is 12.0 Å². The van der Waals surface area contributed by atoms with E-state index in [4.69, 9.17) is 10.00 Å². The van der Waals surface area contributed by atoms with Gasteiger partial charge in [0.2, 0.25) is 0 Å². The lowest BCUT2D eigenvalue weighted by Gasteiger charge is -2.31. The van der Waals surface area contributed by atoms with Crippen LogP contribution in [0.3, 0.4) is 0 Å². The molecule has 1 unspecified atom stereocenters. The minimum absolute atomic E-state index is 0.0527. The molecule has 88 valence electrons. The normalized spacial score (nSPS) is 20.1. The number of ether oxygens (including phenoxy) is 1. The predicted octanol–water partition coefficient (Wildman–Crippen LogP) is 1.64. The number of benzene rings is 1. The zero-order valence-corrected chi connectivity index (χ0v) is 9.72. The maximum absolute atomic E-state index is 11.7. The van der Waals surface area contributed by atoms with Crippen LogP contribution < -0.4 is 4.90 Å². The average molecular weight is 230 g/mol. The Hall–Kier alpha value is -1.86. The fraction of sp³-hybridized carbons (Fsp3) is 0.385. The Morgan fingerprint density at radius 2 is 2.18 bits per heavy atom. The van der Waals surface area contributed by atoms with Gasteiger partial charge in [-0.1, -0.05) is 17.7 Å². The van der Waals surface area contributed by atoms with E-state index in [9.17, 15) is 4.79 Å². The summed E-state index contributed by atoms with van der Waals surface area (Å²) >= 11 is 0. The molecule has 0 bridgehead atoms. The van der Waals surface area contributed by atoms with Gasteiger partial charge in [0, 0.05) is 5.69 Å². The van der Waals surface area contributed by atoms with Crippen molar-refractivity contribution in [1.82, 2.24) is 0 Å². The number of amides is 1. The zero-order valence-electron chi connectivity index (χ0n) is 9.72. The number of hydrogen-bond acceptors (Lipinski definition) is 3. The average Bonchev–Trinajstić information content (AvgIpc) is 2.33. The lowest BCUT2D eigenvalue weighted by atomic mass is 10.1. The van der Waals surface area contributed by atoms with Gasteiger partial charge < -0.3 is 9.64 Å². The Bertz CT molecular complexity index is 447. The molecule has 0 aliphatic carbocycles. The van der Waals surface area contributed by atoms with Gasteiger partial charge in [0.15, 0.2) is 0 Å². The smallest absolute Gasteiger partial charge is 0.253 e. The number of morpholine rings is 1. The van der Waals surface area contributed by atoms with Crippen molar-refractivity contribution in [3.63, 3.8) is 0 Å². The van der Waals surface area contributed by atoms with E-state index < -0.39 is 0 Å². The molecule has 0 N–H and O–H groups in total. The predicted molar refractivity (Wildman–Crippen MR) is 63.5 cm³/mol. The highest BCUT2D eigenvalue weighted by molar-refractivity contribution is 5.94. The lowest BCUT2D eigenvalue weighted by Crippen LogP contribution is -2.46. The van der Waals surface area contributed by atoms with Gasteiger partial charge >= 0.3 is 0 Å². The van der Waals surface area contributed by atoms with Crippen molar-refractivity contribution in [2.45, 2.75) is 19.4 Å². The van der Waals surface area contributed by atoms with Crippen LogP contribution in [0, 0.1) is 18.3 Å². The Labute approximate surface area is 100 Å². The van der Waals surface area contributed by atoms with Crippen LogP contribution in [0.15, 0.2) is 24.3 Å². The fourth-order valence-corrected chi connectivity index (χ4v) is 1.82. The highest BCUT2D eigenvalue weighted by Crippen LogP contribution is 2.20. The molecule has 17 heavy (non-hydrogen) atoms. The molecule has 2 rings (SSSR count). The second kappa shape index (κ2) is 4.98. The number of nitriles is 1. The first-order valence-corrected chi connectivity index (χ1v) is 5.56. The van der Waals surface area contributed by atoms with Gasteiger partial charge in [0.1, 0.15) is 6.61 Å². The minimum Gasteiger partial charge on any atom is -0.365 e. The Morgan fingerprint density at radius 1 is 1.47 bits per heavy atom. The third-order valence-electron chi connectivity index (χ3n) is 2.79. The summed E-state index contributed by atoms with van der Waals surface area (Å²) in [5.74, 6) is -0.0527. The van der Waals surface area contributed by atoms with E-state index in [1.54, 1.807) is 4.90 Å². The van der Waals surface area contributed by atoms with Crippen molar-refractivity contribution < 1.29 is 9.53 Å². The summed E-state index contributed by atoms with van der Waals surface area (Å²) in [6, 6.07) is 9.85. The number of hydrogen-bond donors (Lipinski definition) is 0. The second-order valence-corrected chi connectivity index (χ2v) is 4.14. The Balaban J connectivity index is 2.15. The Morgan fingerprint density at radius 3 is 2.82 bits per heavy atom. The maximum Gasteiger partial charge on any atom is 0.253 e. The van der Waals surface area contributed by atoms with Crippen LogP contribution in [0.25, 0.3) is 0 Å². The summed E-state index contributed by atoms with van der Waals surface area (Å²) in [6.07, 6.45) is 0.134. The summed E-state index contributed by atoms with van der Waals surface area (Å²) < 4.78 is 5.29. The third kappa shape index (κ3) is 2.63. The quantitative estimate of drug-likeness (QED) is 0.776. The number of anilines is 1. The number of nitrogens with zero attached hydrogens (tertiary/aromatic N) is 2. The van der Waals surface area contributed by atoms with Crippen LogP contribution in [0.5, 0.6) is 0 Å². The van der Waals surface area contributed by atoms with E-state index >= 15 is 0 Å². The van der Waals surface area contributed by atoms with Crippen molar-refractivity contribution in [2.24, 2.45) is 0 Å². The molecular weight excluding hydrogens is 216 g/mol. The summed E-state index contributed by atoms with van der Waals surface area (Å²) in [5, 5.41) is 8.64.